The largest absolute Gasteiger partial charge is 0.508 e. The number of hydrogen-bond donors (Lipinski definition) is 1. The van der Waals surface area contributed by atoms with Gasteiger partial charge in [-0.1, -0.05) is 19.9 Å². The molecule has 0 aliphatic heterocycles. The number of phenolic OH excluding ortho intramolecular Hbond substituents is 1. The zero-order valence-electron chi connectivity index (χ0n) is 8.30. The van der Waals surface area contributed by atoms with Crippen molar-refractivity contribution >= 4 is 0 Å². The second-order valence-electron chi connectivity index (χ2n) is 4.79. The van der Waals surface area contributed by atoms with E-state index in [4.69, 9.17) is 0 Å². The molecule has 0 saturated heterocycles. The Balaban J connectivity index is 2.38. The number of rotatable bonds is 0. The second kappa shape index (κ2) is 2.76. The van der Waals surface area contributed by atoms with Gasteiger partial charge in [-0.2, -0.15) is 0 Å². The summed E-state index contributed by atoms with van der Waals surface area (Å²) in [6.45, 7) is 4.58. The van der Waals surface area contributed by atoms with Crippen LogP contribution in [0.2, 0.25) is 0 Å². The molecule has 1 aliphatic rings. The lowest BCUT2D eigenvalue weighted by atomic mass is 9.74. The summed E-state index contributed by atoms with van der Waals surface area (Å²) in [5.74, 6) is 0.399. The minimum Gasteiger partial charge on any atom is -0.508 e. The summed E-state index contributed by atoms with van der Waals surface area (Å²) >= 11 is 0. The number of phenols is 1. The fourth-order valence-electron chi connectivity index (χ4n) is 2.10. The van der Waals surface area contributed by atoms with E-state index in [2.05, 4.69) is 19.9 Å². The summed E-state index contributed by atoms with van der Waals surface area (Å²) in [7, 11) is 0. The van der Waals surface area contributed by atoms with E-state index in [0.29, 0.717) is 11.2 Å². The second-order valence-corrected chi connectivity index (χ2v) is 4.79. The van der Waals surface area contributed by atoms with Crippen molar-refractivity contribution in [2.45, 2.75) is 33.1 Å². The molecule has 1 aromatic rings. The molecule has 0 heterocycles. The van der Waals surface area contributed by atoms with Crippen molar-refractivity contribution < 1.29 is 5.11 Å². The Bertz CT molecular complexity index is 326. The van der Waals surface area contributed by atoms with Crippen LogP contribution in [0.5, 0.6) is 5.75 Å². The SMILES string of the molecule is CC1(C)CCc2ccc(O)cc2C1. The molecule has 1 aliphatic carbocycles. The van der Waals surface area contributed by atoms with Crippen molar-refractivity contribution in [1.82, 2.24) is 0 Å². The Labute approximate surface area is 79.4 Å². The van der Waals surface area contributed by atoms with E-state index in [9.17, 15) is 5.11 Å². The molecule has 0 spiro atoms. The molecule has 70 valence electrons. The van der Waals surface area contributed by atoms with E-state index >= 15 is 0 Å². The maximum absolute atomic E-state index is 9.36. The Kier molecular flexibility index (Phi) is 1.83. The van der Waals surface area contributed by atoms with Crippen molar-refractivity contribution in [2.24, 2.45) is 5.41 Å². The predicted octanol–water partition coefficient (Wildman–Crippen LogP) is 2.91. The number of aromatic hydroxyl groups is 1. The van der Waals surface area contributed by atoms with E-state index in [0.717, 1.165) is 12.8 Å². The van der Waals surface area contributed by atoms with Gasteiger partial charge >= 0.3 is 0 Å². The average Bonchev–Trinajstić information content (AvgIpc) is 2.01. The molecular weight excluding hydrogens is 160 g/mol. The molecule has 0 bridgehead atoms. The molecule has 2 rings (SSSR count). The topological polar surface area (TPSA) is 20.2 Å². The number of benzene rings is 1. The van der Waals surface area contributed by atoms with Crippen LogP contribution >= 0.6 is 0 Å². The standard InChI is InChI=1S/C12H16O/c1-12(2)6-5-9-3-4-11(13)7-10(9)8-12/h3-4,7,13H,5-6,8H2,1-2H3. The van der Waals surface area contributed by atoms with E-state index < -0.39 is 0 Å². The molecule has 13 heavy (non-hydrogen) atoms. The van der Waals surface area contributed by atoms with Crippen LogP contribution in [0.3, 0.4) is 0 Å². The van der Waals surface area contributed by atoms with E-state index in [1.165, 1.54) is 17.5 Å². The molecule has 1 heteroatoms. The number of aryl methyl sites for hydroxylation is 1. The highest BCUT2D eigenvalue weighted by molar-refractivity contribution is 5.37. The summed E-state index contributed by atoms with van der Waals surface area (Å²) in [4.78, 5) is 0. The fourth-order valence-corrected chi connectivity index (χ4v) is 2.10. The lowest BCUT2D eigenvalue weighted by Crippen LogP contribution is -2.21. The van der Waals surface area contributed by atoms with Crippen LogP contribution in [-0.2, 0) is 12.8 Å². The summed E-state index contributed by atoms with van der Waals surface area (Å²) in [5, 5.41) is 9.36. The molecule has 0 amide bonds. The Hall–Kier alpha value is -0.980. The highest BCUT2D eigenvalue weighted by Gasteiger charge is 2.24. The van der Waals surface area contributed by atoms with Crippen molar-refractivity contribution in [1.29, 1.82) is 0 Å². The Morgan fingerprint density at radius 2 is 2.00 bits per heavy atom. The zero-order chi connectivity index (χ0) is 9.47. The lowest BCUT2D eigenvalue weighted by molar-refractivity contribution is 0.314. The third kappa shape index (κ3) is 1.69. The minimum atomic E-state index is 0.399. The molecule has 0 saturated carbocycles. The van der Waals surface area contributed by atoms with Gasteiger partial charge in [-0.3, -0.25) is 0 Å². The summed E-state index contributed by atoms with van der Waals surface area (Å²) in [6.07, 6.45) is 3.50. The van der Waals surface area contributed by atoms with Gasteiger partial charge in [-0.25, -0.2) is 0 Å². The van der Waals surface area contributed by atoms with Crippen LogP contribution < -0.4 is 0 Å². The minimum absolute atomic E-state index is 0.399. The molecule has 1 N–H and O–H groups in total. The van der Waals surface area contributed by atoms with Crippen molar-refractivity contribution in [2.75, 3.05) is 0 Å². The quantitative estimate of drug-likeness (QED) is 0.644. The highest BCUT2D eigenvalue weighted by atomic mass is 16.3. The summed E-state index contributed by atoms with van der Waals surface area (Å²) in [5.41, 5.74) is 3.15. The normalized spacial score (nSPS) is 19.5. The zero-order valence-corrected chi connectivity index (χ0v) is 8.30. The predicted molar refractivity (Wildman–Crippen MR) is 53.9 cm³/mol. The Morgan fingerprint density at radius 1 is 1.23 bits per heavy atom. The van der Waals surface area contributed by atoms with Crippen molar-refractivity contribution in [3.05, 3.63) is 29.3 Å². The van der Waals surface area contributed by atoms with Gasteiger partial charge in [-0.05, 0) is 47.9 Å². The fraction of sp³-hybridized carbons (Fsp3) is 0.500. The molecule has 0 aromatic heterocycles. The highest BCUT2D eigenvalue weighted by Crippen LogP contribution is 2.35. The smallest absolute Gasteiger partial charge is 0.115 e. The van der Waals surface area contributed by atoms with Gasteiger partial charge in [0.2, 0.25) is 0 Å². The van der Waals surface area contributed by atoms with Crippen molar-refractivity contribution in [3.8, 4) is 5.75 Å². The van der Waals surface area contributed by atoms with Gasteiger partial charge in [0.25, 0.3) is 0 Å². The van der Waals surface area contributed by atoms with Crippen LogP contribution in [0.15, 0.2) is 18.2 Å². The van der Waals surface area contributed by atoms with Gasteiger partial charge in [-0.15, -0.1) is 0 Å². The first-order valence-electron chi connectivity index (χ1n) is 4.88. The lowest BCUT2D eigenvalue weighted by Gasteiger charge is -2.31. The van der Waals surface area contributed by atoms with Crippen LogP contribution in [0.4, 0.5) is 0 Å². The maximum atomic E-state index is 9.36. The van der Waals surface area contributed by atoms with E-state index in [1.807, 2.05) is 6.07 Å². The first kappa shape index (κ1) is 8.61. The summed E-state index contributed by atoms with van der Waals surface area (Å²) in [6, 6.07) is 5.76. The van der Waals surface area contributed by atoms with Crippen LogP contribution in [0.25, 0.3) is 0 Å². The maximum Gasteiger partial charge on any atom is 0.115 e. The first-order valence-corrected chi connectivity index (χ1v) is 4.88. The van der Waals surface area contributed by atoms with Gasteiger partial charge in [0.1, 0.15) is 5.75 Å². The van der Waals surface area contributed by atoms with Crippen LogP contribution in [-0.4, -0.2) is 5.11 Å². The molecule has 0 atom stereocenters. The molecule has 0 radical (unpaired) electrons. The molecule has 0 fully saturated rings. The van der Waals surface area contributed by atoms with E-state index in [-0.39, 0.29) is 0 Å². The molecule has 0 unspecified atom stereocenters. The van der Waals surface area contributed by atoms with Gasteiger partial charge < -0.3 is 5.11 Å². The van der Waals surface area contributed by atoms with Gasteiger partial charge in [0.15, 0.2) is 0 Å². The molecular formula is C12H16O. The molecule has 1 nitrogen and oxygen atoms in total. The number of hydrogen-bond acceptors (Lipinski definition) is 1. The van der Waals surface area contributed by atoms with Crippen LogP contribution in [0, 0.1) is 5.41 Å². The number of fused-ring (bicyclic) bond motifs is 1. The van der Waals surface area contributed by atoms with Gasteiger partial charge in [0.05, 0.1) is 0 Å². The van der Waals surface area contributed by atoms with E-state index in [1.54, 1.807) is 6.07 Å². The third-order valence-corrected chi connectivity index (χ3v) is 2.93. The molecule has 1 aromatic carbocycles. The third-order valence-electron chi connectivity index (χ3n) is 2.93. The Morgan fingerprint density at radius 3 is 2.77 bits per heavy atom. The first-order chi connectivity index (χ1) is 6.07. The van der Waals surface area contributed by atoms with Gasteiger partial charge in [0, 0.05) is 0 Å². The van der Waals surface area contributed by atoms with Crippen molar-refractivity contribution in [3.63, 3.8) is 0 Å². The monoisotopic (exact) mass is 176 g/mol. The average molecular weight is 176 g/mol. The summed E-state index contributed by atoms with van der Waals surface area (Å²) < 4.78 is 0. The van der Waals surface area contributed by atoms with Crippen LogP contribution in [0.1, 0.15) is 31.4 Å².